The molecule has 0 spiro atoms. The molecule has 0 N–H and O–H groups in total. The van der Waals surface area contributed by atoms with Crippen molar-refractivity contribution in [2.75, 3.05) is 6.61 Å². The number of ether oxygens (including phenoxy) is 1. The zero-order chi connectivity index (χ0) is 17.4. The standard InChI is InChI=1S/C19H25NO5/c21-17-3-4-18(22)20(17)25-19(23)2-1-5-24-11-16-14-7-12-6-13(9-14)10-15(16)8-12/h11-15H,1-10H2. The Labute approximate surface area is 147 Å². The average molecular weight is 347 g/mol. The summed E-state index contributed by atoms with van der Waals surface area (Å²) in [6, 6.07) is 0. The molecule has 0 unspecified atom stereocenters. The summed E-state index contributed by atoms with van der Waals surface area (Å²) in [6.07, 6.45) is 9.57. The van der Waals surface area contributed by atoms with E-state index in [1.54, 1.807) is 0 Å². The molecule has 4 saturated carbocycles. The summed E-state index contributed by atoms with van der Waals surface area (Å²) in [7, 11) is 0. The summed E-state index contributed by atoms with van der Waals surface area (Å²) >= 11 is 0. The van der Waals surface area contributed by atoms with Gasteiger partial charge in [-0.15, -0.1) is 5.06 Å². The van der Waals surface area contributed by atoms with Gasteiger partial charge in [0.25, 0.3) is 11.8 Å². The molecule has 5 aliphatic rings. The number of hydrogen-bond donors (Lipinski definition) is 0. The van der Waals surface area contributed by atoms with E-state index in [1.165, 1.54) is 37.7 Å². The van der Waals surface area contributed by atoms with Crippen LogP contribution in [0.5, 0.6) is 0 Å². The molecule has 0 aromatic rings. The van der Waals surface area contributed by atoms with E-state index in [0.29, 0.717) is 29.9 Å². The van der Waals surface area contributed by atoms with Crippen LogP contribution in [0.4, 0.5) is 0 Å². The highest BCUT2D eigenvalue weighted by molar-refractivity contribution is 6.01. The molecule has 1 aliphatic heterocycles. The number of hydroxylamine groups is 2. The molecule has 136 valence electrons. The van der Waals surface area contributed by atoms with Crippen LogP contribution in [-0.2, 0) is 24.0 Å². The van der Waals surface area contributed by atoms with E-state index < -0.39 is 17.8 Å². The van der Waals surface area contributed by atoms with Gasteiger partial charge in [0.05, 0.1) is 19.3 Å². The third-order valence-electron chi connectivity index (χ3n) is 6.14. The lowest BCUT2D eigenvalue weighted by atomic mass is 9.54. The van der Waals surface area contributed by atoms with Crippen LogP contribution in [0.15, 0.2) is 11.8 Å². The van der Waals surface area contributed by atoms with Crippen molar-refractivity contribution >= 4 is 17.8 Å². The summed E-state index contributed by atoms with van der Waals surface area (Å²) in [5.41, 5.74) is 1.49. The summed E-state index contributed by atoms with van der Waals surface area (Å²) in [5, 5.41) is 0.597. The highest BCUT2D eigenvalue weighted by atomic mass is 16.7. The molecule has 1 saturated heterocycles. The Morgan fingerprint density at radius 1 is 1.00 bits per heavy atom. The number of amides is 2. The predicted octanol–water partition coefficient (Wildman–Crippen LogP) is 2.73. The molecule has 4 aliphatic carbocycles. The van der Waals surface area contributed by atoms with Crippen LogP contribution < -0.4 is 0 Å². The van der Waals surface area contributed by atoms with Gasteiger partial charge in [-0.25, -0.2) is 4.79 Å². The lowest BCUT2D eigenvalue weighted by molar-refractivity contribution is -0.197. The van der Waals surface area contributed by atoms with Gasteiger partial charge < -0.3 is 9.57 Å². The first kappa shape index (κ1) is 16.6. The van der Waals surface area contributed by atoms with Crippen LogP contribution in [0.2, 0.25) is 0 Å². The highest BCUT2D eigenvalue weighted by Gasteiger charge is 2.45. The number of imide groups is 1. The molecule has 0 atom stereocenters. The largest absolute Gasteiger partial charge is 0.501 e. The van der Waals surface area contributed by atoms with Crippen molar-refractivity contribution in [1.82, 2.24) is 5.06 Å². The SMILES string of the molecule is O=C(CCCOC=C1C2CC3CC(C2)CC1C3)ON1C(=O)CCC1=O. The number of carbonyl (C=O) groups excluding carboxylic acids is 3. The predicted molar refractivity (Wildman–Crippen MR) is 87.5 cm³/mol. The van der Waals surface area contributed by atoms with Crippen LogP contribution in [0.3, 0.4) is 0 Å². The Balaban J connectivity index is 1.18. The van der Waals surface area contributed by atoms with Crippen LogP contribution in [0, 0.1) is 23.7 Å². The molecule has 1 heterocycles. The van der Waals surface area contributed by atoms with E-state index in [4.69, 9.17) is 9.57 Å². The van der Waals surface area contributed by atoms with Crippen LogP contribution in [0.1, 0.15) is 57.8 Å². The molecule has 0 aromatic carbocycles. The van der Waals surface area contributed by atoms with Gasteiger partial charge in [0.2, 0.25) is 0 Å². The van der Waals surface area contributed by atoms with E-state index in [2.05, 4.69) is 0 Å². The van der Waals surface area contributed by atoms with Gasteiger partial charge in [0.15, 0.2) is 0 Å². The normalized spacial score (nSPS) is 33.1. The molecular formula is C19H25NO5. The van der Waals surface area contributed by atoms with Gasteiger partial charge in [0, 0.05) is 12.8 Å². The average Bonchev–Trinajstić information content (AvgIpc) is 2.88. The third-order valence-corrected chi connectivity index (χ3v) is 6.14. The quantitative estimate of drug-likeness (QED) is 0.420. The van der Waals surface area contributed by atoms with E-state index in [0.717, 1.165) is 11.8 Å². The molecule has 2 amide bonds. The lowest BCUT2D eigenvalue weighted by Gasteiger charge is -2.51. The van der Waals surface area contributed by atoms with Gasteiger partial charge in [0.1, 0.15) is 0 Å². The maximum absolute atomic E-state index is 11.7. The Kier molecular flexibility index (Phi) is 4.52. The second-order valence-electron chi connectivity index (χ2n) is 7.94. The zero-order valence-electron chi connectivity index (χ0n) is 14.4. The second kappa shape index (κ2) is 6.81. The molecule has 5 rings (SSSR count). The number of hydrogen-bond acceptors (Lipinski definition) is 5. The molecular weight excluding hydrogens is 322 g/mol. The number of nitrogens with zero attached hydrogens (tertiary/aromatic N) is 1. The fraction of sp³-hybridized carbons (Fsp3) is 0.737. The topological polar surface area (TPSA) is 72.9 Å². The molecule has 6 nitrogen and oxygen atoms in total. The van der Waals surface area contributed by atoms with Crippen LogP contribution in [-0.4, -0.2) is 29.5 Å². The van der Waals surface area contributed by atoms with Gasteiger partial charge >= 0.3 is 5.97 Å². The Hall–Kier alpha value is -1.85. The number of rotatable bonds is 6. The molecule has 6 heteroatoms. The maximum atomic E-state index is 11.7. The van der Waals surface area contributed by atoms with Gasteiger partial charge in [-0.3, -0.25) is 9.59 Å². The van der Waals surface area contributed by atoms with E-state index >= 15 is 0 Å². The van der Waals surface area contributed by atoms with Crippen molar-refractivity contribution in [2.45, 2.75) is 57.8 Å². The van der Waals surface area contributed by atoms with Crippen molar-refractivity contribution in [2.24, 2.45) is 23.7 Å². The van der Waals surface area contributed by atoms with E-state index in [-0.39, 0.29) is 19.3 Å². The van der Waals surface area contributed by atoms with Gasteiger partial charge in [-0.1, -0.05) is 0 Å². The fourth-order valence-electron chi connectivity index (χ4n) is 5.18. The first-order chi connectivity index (χ1) is 12.1. The van der Waals surface area contributed by atoms with Crippen molar-refractivity contribution in [3.05, 3.63) is 11.8 Å². The summed E-state index contributed by atoms with van der Waals surface area (Å²) in [6.45, 7) is 0.451. The summed E-state index contributed by atoms with van der Waals surface area (Å²) < 4.78 is 5.70. The van der Waals surface area contributed by atoms with E-state index in [9.17, 15) is 14.4 Å². The highest BCUT2D eigenvalue weighted by Crippen LogP contribution is 2.56. The molecule has 25 heavy (non-hydrogen) atoms. The van der Waals surface area contributed by atoms with E-state index in [1.807, 2.05) is 6.26 Å². The molecule has 5 fully saturated rings. The van der Waals surface area contributed by atoms with Crippen LogP contribution in [0.25, 0.3) is 0 Å². The molecule has 0 aromatic heterocycles. The monoisotopic (exact) mass is 347 g/mol. The first-order valence-electron chi connectivity index (χ1n) is 9.48. The smallest absolute Gasteiger partial charge is 0.333 e. The number of carbonyl (C=O) groups is 3. The van der Waals surface area contributed by atoms with Crippen LogP contribution >= 0.6 is 0 Å². The van der Waals surface area contributed by atoms with Crippen molar-refractivity contribution < 1.29 is 24.0 Å². The molecule has 4 bridgehead atoms. The second-order valence-corrected chi connectivity index (χ2v) is 7.94. The number of allylic oxidation sites excluding steroid dienone is 1. The third kappa shape index (κ3) is 3.44. The zero-order valence-corrected chi connectivity index (χ0v) is 14.4. The van der Waals surface area contributed by atoms with Crippen molar-refractivity contribution in [1.29, 1.82) is 0 Å². The van der Waals surface area contributed by atoms with Gasteiger partial charge in [-0.05, 0) is 67.8 Å². The Bertz CT molecular complexity index is 565. The minimum atomic E-state index is -0.561. The van der Waals surface area contributed by atoms with Gasteiger partial charge in [-0.2, -0.15) is 0 Å². The maximum Gasteiger partial charge on any atom is 0.333 e. The lowest BCUT2D eigenvalue weighted by Crippen LogP contribution is -2.40. The Morgan fingerprint density at radius 2 is 1.60 bits per heavy atom. The minimum absolute atomic E-state index is 0.118. The first-order valence-corrected chi connectivity index (χ1v) is 9.48. The Morgan fingerprint density at radius 3 is 2.20 bits per heavy atom. The summed E-state index contributed by atoms with van der Waals surface area (Å²) in [4.78, 5) is 39.3. The summed E-state index contributed by atoms with van der Waals surface area (Å²) in [5.74, 6) is 1.86. The molecule has 0 radical (unpaired) electrons. The van der Waals surface area contributed by atoms with Crippen molar-refractivity contribution in [3.63, 3.8) is 0 Å². The minimum Gasteiger partial charge on any atom is -0.501 e. The van der Waals surface area contributed by atoms with Crippen molar-refractivity contribution in [3.8, 4) is 0 Å². The fourth-order valence-corrected chi connectivity index (χ4v) is 5.18.